The zero-order valence-corrected chi connectivity index (χ0v) is 25.8. The minimum atomic E-state index is 1.21. The molecule has 1 rings (SSSR count). The molecular weight excluding hydrogens is 446 g/mol. The first-order valence-electron chi connectivity index (χ1n) is 17.4. The molecule has 0 saturated heterocycles. The van der Waals surface area contributed by atoms with Gasteiger partial charge in [-0.15, -0.1) is 0 Å². The number of aryl methyl sites for hydroxylation is 2. The van der Waals surface area contributed by atoms with E-state index in [9.17, 15) is 0 Å². The maximum Gasteiger partial charge on any atom is 0.181 e. The summed E-state index contributed by atoms with van der Waals surface area (Å²) in [5.41, 5.74) is 1.55. The molecule has 1 aromatic rings. The molecule has 1 heterocycles. The van der Waals surface area contributed by atoms with E-state index in [1.165, 1.54) is 186 Å². The molecule has 0 aliphatic rings. The monoisotopic (exact) mass is 515 g/mol. The van der Waals surface area contributed by atoms with Gasteiger partial charge in [0.2, 0.25) is 0 Å². The number of nitrogens with zero attached hydrogens (tertiary/aromatic N) is 1. The Balaban J connectivity index is 1.91. The third-order valence-corrected chi connectivity index (χ3v) is 8.32. The fraction of sp³-hybridized carbons (Fsp3) is 0.861. The van der Waals surface area contributed by atoms with Crippen LogP contribution in [0.2, 0.25) is 0 Å². The summed E-state index contributed by atoms with van der Waals surface area (Å²) < 4.78 is 2.54. The summed E-state index contributed by atoms with van der Waals surface area (Å²) in [6.45, 7) is 5.82. The lowest BCUT2D eigenvalue weighted by atomic mass is 10.0. The van der Waals surface area contributed by atoms with Gasteiger partial charge in [0.1, 0.15) is 6.54 Å². The molecule has 0 saturated carbocycles. The first-order valence-corrected chi connectivity index (χ1v) is 17.4. The van der Waals surface area contributed by atoms with Gasteiger partial charge in [-0.2, -0.15) is 0 Å². The van der Waals surface area contributed by atoms with Crippen LogP contribution in [0.3, 0.4) is 0 Å². The summed E-state index contributed by atoms with van der Waals surface area (Å²) in [5, 5.41) is 0. The van der Waals surface area contributed by atoms with Crippen LogP contribution in [-0.4, -0.2) is 0 Å². The van der Waals surface area contributed by atoms with Crippen LogP contribution < -0.4 is 4.57 Å². The standard InChI is InChI=1S/C36H68N/c1-3-5-7-9-11-13-15-16-17-18-19-20-21-23-25-27-30-34-37-35-31-29-33-36(37)32-28-26-24-22-14-12-10-8-6-4-2/h29,31,33,35H,3-28,30,32,34H2,1-2H3/q+1. The van der Waals surface area contributed by atoms with Gasteiger partial charge in [-0.1, -0.05) is 174 Å². The zero-order valence-electron chi connectivity index (χ0n) is 25.8. The molecule has 1 heteroatoms. The topological polar surface area (TPSA) is 3.88 Å². The van der Waals surface area contributed by atoms with Gasteiger partial charge >= 0.3 is 0 Å². The summed E-state index contributed by atoms with van der Waals surface area (Å²) in [7, 11) is 0. The van der Waals surface area contributed by atoms with E-state index in [0.717, 1.165) is 0 Å². The third kappa shape index (κ3) is 22.8. The number of unbranched alkanes of at least 4 members (excludes halogenated alkanes) is 25. The molecular formula is C36H68N+. The summed E-state index contributed by atoms with van der Waals surface area (Å²) in [5.74, 6) is 0. The Morgan fingerprint density at radius 2 is 0.757 bits per heavy atom. The molecule has 0 aliphatic carbocycles. The molecule has 0 radical (unpaired) electrons. The van der Waals surface area contributed by atoms with Crippen LogP contribution >= 0.6 is 0 Å². The van der Waals surface area contributed by atoms with E-state index in [1.54, 1.807) is 5.69 Å². The fourth-order valence-corrected chi connectivity index (χ4v) is 5.76. The van der Waals surface area contributed by atoms with E-state index in [0.29, 0.717) is 0 Å². The summed E-state index contributed by atoms with van der Waals surface area (Å²) in [6, 6.07) is 6.81. The predicted molar refractivity (Wildman–Crippen MR) is 166 cm³/mol. The molecule has 0 aromatic carbocycles. The van der Waals surface area contributed by atoms with Crippen LogP contribution in [0.1, 0.15) is 193 Å². The lowest BCUT2D eigenvalue weighted by Gasteiger charge is -2.05. The highest BCUT2D eigenvalue weighted by Gasteiger charge is 2.08. The van der Waals surface area contributed by atoms with Crippen LogP contribution in [0.5, 0.6) is 0 Å². The average Bonchev–Trinajstić information content (AvgIpc) is 2.92. The first kappa shape index (κ1) is 34.2. The lowest BCUT2D eigenvalue weighted by Crippen LogP contribution is -2.37. The number of hydrogen-bond donors (Lipinski definition) is 0. The first-order chi connectivity index (χ1) is 18.4. The second kappa shape index (κ2) is 28.2. The molecule has 37 heavy (non-hydrogen) atoms. The van der Waals surface area contributed by atoms with Crippen molar-refractivity contribution in [3.8, 4) is 0 Å². The Kier molecular flexibility index (Phi) is 26.0. The van der Waals surface area contributed by atoms with Crippen molar-refractivity contribution in [2.24, 2.45) is 0 Å². The Labute approximate surface area is 234 Å². The quantitative estimate of drug-likeness (QED) is 0.0739. The van der Waals surface area contributed by atoms with E-state index in [4.69, 9.17) is 0 Å². The normalized spacial score (nSPS) is 11.4. The van der Waals surface area contributed by atoms with E-state index < -0.39 is 0 Å². The Morgan fingerprint density at radius 3 is 1.16 bits per heavy atom. The minimum absolute atomic E-state index is 1.21. The van der Waals surface area contributed by atoms with Crippen molar-refractivity contribution in [1.82, 2.24) is 0 Å². The molecule has 0 fully saturated rings. The molecule has 0 unspecified atom stereocenters. The van der Waals surface area contributed by atoms with Gasteiger partial charge in [0.25, 0.3) is 0 Å². The lowest BCUT2D eigenvalue weighted by molar-refractivity contribution is -0.704. The van der Waals surface area contributed by atoms with Crippen molar-refractivity contribution in [3.63, 3.8) is 0 Å². The van der Waals surface area contributed by atoms with Gasteiger partial charge in [0, 0.05) is 25.0 Å². The Hall–Kier alpha value is -0.850. The summed E-state index contributed by atoms with van der Waals surface area (Å²) in [4.78, 5) is 0. The molecule has 1 nitrogen and oxygen atoms in total. The summed E-state index contributed by atoms with van der Waals surface area (Å²) >= 11 is 0. The van der Waals surface area contributed by atoms with Crippen LogP contribution in [0, 0.1) is 0 Å². The van der Waals surface area contributed by atoms with Crippen LogP contribution in [0.15, 0.2) is 24.4 Å². The van der Waals surface area contributed by atoms with Gasteiger partial charge in [-0.3, -0.25) is 0 Å². The molecule has 0 bridgehead atoms. The summed E-state index contributed by atoms with van der Waals surface area (Å²) in [6.07, 6.45) is 42.4. The van der Waals surface area contributed by atoms with Crippen molar-refractivity contribution in [1.29, 1.82) is 0 Å². The number of rotatable bonds is 29. The predicted octanol–water partition coefficient (Wildman–Crippen LogP) is 12.1. The second-order valence-corrected chi connectivity index (χ2v) is 12.0. The van der Waals surface area contributed by atoms with Gasteiger partial charge in [0.15, 0.2) is 11.9 Å². The number of aromatic nitrogens is 1. The Morgan fingerprint density at radius 1 is 0.405 bits per heavy atom. The largest absolute Gasteiger partial charge is 0.202 e. The second-order valence-electron chi connectivity index (χ2n) is 12.0. The molecule has 216 valence electrons. The average molecular weight is 515 g/mol. The van der Waals surface area contributed by atoms with E-state index >= 15 is 0 Å². The van der Waals surface area contributed by atoms with Crippen molar-refractivity contribution in [2.45, 2.75) is 200 Å². The minimum Gasteiger partial charge on any atom is -0.202 e. The highest BCUT2D eigenvalue weighted by molar-refractivity contribution is 4.97. The van der Waals surface area contributed by atoms with Gasteiger partial charge in [-0.25, -0.2) is 4.57 Å². The maximum absolute atomic E-state index is 2.54. The molecule has 0 atom stereocenters. The number of hydrogen-bond acceptors (Lipinski definition) is 0. The van der Waals surface area contributed by atoms with Crippen LogP contribution in [0.25, 0.3) is 0 Å². The van der Waals surface area contributed by atoms with Gasteiger partial charge < -0.3 is 0 Å². The molecule has 0 N–H and O–H groups in total. The molecule has 1 aromatic heterocycles. The highest BCUT2D eigenvalue weighted by Crippen LogP contribution is 2.15. The van der Waals surface area contributed by atoms with E-state index in [2.05, 4.69) is 42.8 Å². The molecule has 0 aliphatic heterocycles. The van der Waals surface area contributed by atoms with Crippen molar-refractivity contribution < 1.29 is 4.57 Å². The number of pyridine rings is 1. The van der Waals surface area contributed by atoms with E-state index in [-0.39, 0.29) is 0 Å². The van der Waals surface area contributed by atoms with Crippen molar-refractivity contribution in [2.75, 3.05) is 0 Å². The SMILES string of the molecule is CCCCCCCCCCCCCCCCCCC[n+]1ccccc1CCCCCCCCCCCC. The smallest absolute Gasteiger partial charge is 0.181 e. The molecule has 0 amide bonds. The fourth-order valence-electron chi connectivity index (χ4n) is 5.76. The third-order valence-electron chi connectivity index (χ3n) is 8.32. The maximum atomic E-state index is 2.54. The van der Waals surface area contributed by atoms with E-state index in [1.807, 2.05) is 0 Å². The van der Waals surface area contributed by atoms with Crippen LogP contribution in [0.4, 0.5) is 0 Å². The van der Waals surface area contributed by atoms with Crippen LogP contribution in [-0.2, 0) is 13.0 Å². The van der Waals surface area contributed by atoms with Crippen molar-refractivity contribution in [3.05, 3.63) is 30.1 Å². The zero-order chi connectivity index (χ0) is 26.5. The molecule has 0 spiro atoms. The van der Waals surface area contributed by atoms with Gasteiger partial charge in [-0.05, 0) is 12.8 Å². The van der Waals surface area contributed by atoms with Crippen molar-refractivity contribution >= 4 is 0 Å². The highest BCUT2D eigenvalue weighted by atomic mass is 14.9. The van der Waals surface area contributed by atoms with Gasteiger partial charge in [0.05, 0.1) is 0 Å². The Bertz CT molecular complexity index is 566.